The summed E-state index contributed by atoms with van der Waals surface area (Å²) in [5.41, 5.74) is 1.00. The van der Waals surface area contributed by atoms with Gasteiger partial charge in [0.1, 0.15) is 11.9 Å². The lowest BCUT2D eigenvalue weighted by molar-refractivity contribution is -0.117. The molecule has 10 heteroatoms. The smallest absolute Gasteiger partial charge is 0.308 e. The molecule has 1 heterocycles. The van der Waals surface area contributed by atoms with Gasteiger partial charge < -0.3 is 5.32 Å². The zero-order chi connectivity index (χ0) is 22.9. The molecule has 31 heavy (non-hydrogen) atoms. The lowest BCUT2D eigenvalue weighted by atomic mass is 10.1. The van der Waals surface area contributed by atoms with Crippen molar-refractivity contribution in [2.24, 2.45) is 0 Å². The van der Waals surface area contributed by atoms with E-state index in [1.807, 2.05) is 13.8 Å². The summed E-state index contributed by atoms with van der Waals surface area (Å²) in [6, 6.07) is 9.36. The molecule has 0 radical (unpaired) electrons. The number of amides is 1. The number of fused-ring (bicyclic) bond motifs is 1. The Morgan fingerprint density at radius 1 is 1.23 bits per heavy atom. The van der Waals surface area contributed by atoms with Gasteiger partial charge >= 0.3 is 4.87 Å². The number of hydrogen-bond donors (Lipinski definition) is 1. The maximum Gasteiger partial charge on any atom is 0.308 e. The summed E-state index contributed by atoms with van der Waals surface area (Å²) in [6.07, 6.45) is 1.07. The number of nitrogens with one attached hydrogen (secondary N) is 1. The van der Waals surface area contributed by atoms with Gasteiger partial charge in [-0.2, -0.15) is 0 Å². The molecular formula is C21H24FN3O4S2. The van der Waals surface area contributed by atoms with Gasteiger partial charge in [-0.1, -0.05) is 30.4 Å². The lowest BCUT2D eigenvalue weighted by Gasteiger charge is -2.30. The first-order valence-electron chi connectivity index (χ1n) is 9.74. The Kier molecular flexibility index (Phi) is 6.51. The average Bonchev–Trinajstić information content (AvgIpc) is 3.00. The number of aromatic nitrogens is 1. The standard InChI is InChI=1S/C21H24FN3O4S2/c1-5-16(25(31(4,28)29)17-9-7-6-8-15(17)22)20(26)23-14-10-11-18-19(12-14)30-21(27)24(18)13(2)3/h6-13,16H,5H2,1-4H3,(H,23,26)/t16-/m1/s1. The summed E-state index contributed by atoms with van der Waals surface area (Å²) >= 11 is 1.07. The number of benzene rings is 2. The van der Waals surface area contributed by atoms with Crippen molar-refractivity contribution in [1.82, 2.24) is 4.57 Å². The minimum absolute atomic E-state index is 0.00440. The third-order valence-corrected chi connectivity index (χ3v) is 6.90. The zero-order valence-electron chi connectivity index (χ0n) is 17.6. The highest BCUT2D eigenvalue weighted by molar-refractivity contribution is 7.92. The molecule has 0 fully saturated rings. The minimum atomic E-state index is -3.95. The highest BCUT2D eigenvalue weighted by atomic mass is 32.2. The van der Waals surface area contributed by atoms with Crippen LogP contribution in [0.5, 0.6) is 0 Å². The number of para-hydroxylation sites is 1. The summed E-state index contributed by atoms with van der Waals surface area (Å²) in [6.45, 7) is 5.48. The number of sulfonamides is 1. The van der Waals surface area contributed by atoms with Gasteiger partial charge in [0.05, 0.1) is 22.2 Å². The fourth-order valence-electron chi connectivity index (χ4n) is 3.49. The van der Waals surface area contributed by atoms with E-state index in [0.717, 1.165) is 33.5 Å². The normalized spacial score (nSPS) is 12.8. The van der Waals surface area contributed by atoms with E-state index in [1.54, 1.807) is 29.7 Å². The molecule has 3 aromatic rings. The molecule has 0 saturated carbocycles. The van der Waals surface area contributed by atoms with E-state index in [0.29, 0.717) is 10.4 Å². The predicted molar refractivity (Wildman–Crippen MR) is 123 cm³/mol. The largest absolute Gasteiger partial charge is 0.324 e. The van der Waals surface area contributed by atoms with Crippen LogP contribution in [0, 0.1) is 5.82 Å². The average molecular weight is 466 g/mol. The molecule has 0 aliphatic heterocycles. The molecular weight excluding hydrogens is 441 g/mol. The van der Waals surface area contributed by atoms with Crippen LogP contribution in [-0.4, -0.2) is 31.2 Å². The third kappa shape index (κ3) is 4.64. The maximum absolute atomic E-state index is 14.4. The Bertz CT molecular complexity index is 1280. The van der Waals surface area contributed by atoms with E-state index in [-0.39, 0.29) is 23.0 Å². The van der Waals surface area contributed by atoms with Crippen molar-refractivity contribution in [2.45, 2.75) is 39.3 Å². The van der Waals surface area contributed by atoms with Crippen LogP contribution in [0.1, 0.15) is 33.2 Å². The molecule has 3 rings (SSSR count). The summed E-state index contributed by atoms with van der Waals surface area (Å²) in [7, 11) is -3.95. The summed E-state index contributed by atoms with van der Waals surface area (Å²) in [4.78, 5) is 25.2. The number of hydrogen-bond acceptors (Lipinski definition) is 5. The van der Waals surface area contributed by atoms with Crippen molar-refractivity contribution in [1.29, 1.82) is 0 Å². The maximum atomic E-state index is 14.4. The molecule has 1 N–H and O–H groups in total. The number of rotatable bonds is 7. The van der Waals surface area contributed by atoms with E-state index < -0.39 is 27.8 Å². The third-order valence-electron chi connectivity index (χ3n) is 4.82. The Morgan fingerprint density at radius 2 is 1.90 bits per heavy atom. The summed E-state index contributed by atoms with van der Waals surface area (Å²) < 4.78 is 42.5. The number of carbonyl (C=O) groups excluding carboxylic acids is 1. The Balaban J connectivity index is 1.96. The highest BCUT2D eigenvalue weighted by Crippen LogP contribution is 2.27. The van der Waals surface area contributed by atoms with Crippen molar-refractivity contribution in [3.8, 4) is 0 Å². The Hall–Kier alpha value is -2.72. The number of carbonyl (C=O) groups is 1. The second-order valence-electron chi connectivity index (χ2n) is 7.44. The monoisotopic (exact) mass is 465 g/mol. The van der Waals surface area contributed by atoms with Gasteiger partial charge in [0, 0.05) is 11.7 Å². The fraction of sp³-hybridized carbons (Fsp3) is 0.333. The summed E-state index contributed by atoms with van der Waals surface area (Å²) in [5.74, 6) is -1.33. The van der Waals surface area contributed by atoms with Crippen LogP contribution in [0.15, 0.2) is 47.3 Å². The first-order valence-corrected chi connectivity index (χ1v) is 12.4. The molecule has 0 saturated heterocycles. The second-order valence-corrected chi connectivity index (χ2v) is 10.3. The van der Waals surface area contributed by atoms with Crippen molar-refractivity contribution in [3.63, 3.8) is 0 Å². The Morgan fingerprint density at radius 3 is 2.48 bits per heavy atom. The van der Waals surface area contributed by atoms with Crippen molar-refractivity contribution in [3.05, 3.63) is 57.9 Å². The van der Waals surface area contributed by atoms with Crippen LogP contribution >= 0.6 is 11.3 Å². The molecule has 2 aromatic carbocycles. The topological polar surface area (TPSA) is 88.5 Å². The molecule has 1 aromatic heterocycles. The van der Waals surface area contributed by atoms with E-state index in [2.05, 4.69) is 5.32 Å². The van der Waals surface area contributed by atoms with Crippen molar-refractivity contribution in [2.75, 3.05) is 15.9 Å². The fourth-order valence-corrected chi connectivity index (χ4v) is 5.76. The van der Waals surface area contributed by atoms with Crippen LogP contribution in [0.4, 0.5) is 15.8 Å². The molecule has 7 nitrogen and oxygen atoms in total. The molecule has 0 bridgehead atoms. The molecule has 0 aliphatic rings. The van der Waals surface area contributed by atoms with Crippen LogP contribution in [0.2, 0.25) is 0 Å². The van der Waals surface area contributed by atoms with Gasteiger partial charge in [-0.25, -0.2) is 12.8 Å². The van der Waals surface area contributed by atoms with Crippen LogP contribution in [0.3, 0.4) is 0 Å². The van der Waals surface area contributed by atoms with Gasteiger partial charge in [-0.15, -0.1) is 0 Å². The molecule has 0 unspecified atom stereocenters. The predicted octanol–water partition coefficient (Wildman–Crippen LogP) is 3.97. The van der Waals surface area contributed by atoms with E-state index >= 15 is 0 Å². The molecule has 1 amide bonds. The number of nitrogens with zero attached hydrogens (tertiary/aromatic N) is 2. The molecule has 166 valence electrons. The van der Waals surface area contributed by atoms with Gasteiger partial charge in [-0.3, -0.25) is 18.5 Å². The van der Waals surface area contributed by atoms with Crippen molar-refractivity contribution < 1.29 is 17.6 Å². The highest BCUT2D eigenvalue weighted by Gasteiger charge is 2.33. The van der Waals surface area contributed by atoms with Crippen LogP contribution < -0.4 is 14.5 Å². The number of anilines is 2. The minimum Gasteiger partial charge on any atom is -0.324 e. The van der Waals surface area contributed by atoms with Crippen molar-refractivity contribution >= 4 is 48.9 Å². The second kappa shape index (κ2) is 8.80. The van der Waals surface area contributed by atoms with Gasteiger partial charge in [-0.05, 0) is 50.6 Å². The zero-order valence-corrected chi connectivity index (χ0v) is 19.3. The first-order chi connectivity index (χ1) is 14.5. The van der Waals surface area contributed by atoms with Gasteiger partial charge in [0.2, 0.25) is 15.9 Å². The molecule has 0 spiro atoms. The van der Waals surface area contributed by atoms with Crippen LogP contribution in [-0.2, 0) is 14.8 Å². The van der Waals surface area contributed by atoms with Gasteiger partial charge in [0.15, 0.2) is 0 Å². The Labute approximate surface area is 184 Å². The quantitative estimate of drug-likeness (QED) is 0.572. The van der Waals surface area contributed by atoms with Crippen LogP contribution in [0.25, 0.3) is 10.2 Å². The van der Waals surface area contributed by atoms with Gasteiger partial charge in [0.25, 0.3) is 0 Å². The summed E-state index contributed by atoms with van der Waals surface area (Å²) in [5, 5.41) is 2.71. The number of thiazole rings is 1. The SMILES string of the molecule is CC[C@H](C(=O)Nc1ccc2c(c1)sc(=O)n2C(C)C)N(c1ccccc1F)S(C)(=O)=O. The van der Waals surface area contributed by atoms with E-state index in [4.69, 9.17) is 0 Å². The molecule has 0 aliphatic carbocycles. The number of halogens is 1. The van der Waals surface area contributed by atoms with E-state index in [9.17, 15) is 22.4 Å². The first kappa shape index (κ1) is 23.0. The lowest BCUT2D eigenvalue weighted by Crippen LogP contribution is -2.47. The van der Waals surface area contributed by atoms with E-state index in [1.165, 1.54) is 18.2 Å². The molecule has 1 atom stereocenters.